The van der Waals surface area contributed by atoms with E-state index in [0.717, 1.165) is 27.0 Å². The maximum absolute atomic E-state index is 11.1. The molecule has 0 aliphatic carbocycles. The molecule has 0 saturated carbocycles. The number of aromatic carboxylic acids is 1. The van der Waals surface area contributed by atoms with Gasteiger partial charge in [0.15, 0.2) is 0 Å². The molecule has 2 aromatic carbocycles. The highest BCUT2D eigenvalue weighted by molar-refractivity contribution is 9.10. The van der Waals surface area contributed by atoms with E-state index in [1.54, 1.807) is 18.2 Å². The summed E-state index contributed by atoms with van der Waals surface area (Å²) < 4.78 is 2.91. The Balaban J connectivity index is 2.31. The number of carbonyl (C=O) groups is 1. The molecule has 20 heavy (non-hydrogen) atoms. The van der Waals surface area contributed by atoms with Crippen LogP contribution in [-0.4, -0.2) is 20.6 Å². The van der Waals surface area contributed by atoms with Crippen molar-refractivity contribution in [1.82, 2.24) is 9.55 Å². The van der Waals surface area contributed by atoms with Crippen LogP contribution in [0.4, 0.5) is 0 Å². The zero-order chi connectivity index (χ0) is 14.3. The number of halogens is 1. The first-order valence-electron chi connectivity index (χ1n) is 6.04. The first-order chi connectivity index (χ1) is 9.56. The Hall–Kier alpha value is -2.14. The molecule has 1 N–H and O–H groups in total. The minimum Gasteiger partial charge on any atom is -0.478 e. The topological polar surface area (TPSA) is 55.1 Å². The molecule has 0 amide bonds. The number of fused-ring (bicyclic) bond motifs is 1. The van der Waals surface area contributed by atoms with Gasteiger partial charge in [-0.3, -0.25) is 4.57 Å². The lowest BCUT2D eigenvalue weighted by molar-refractivity contribution is 0.0697. The number of carboxylic acid groups (broad SMARTS) is 1. The summed E-state index contributed by atoms with van der Waals surface area (Å²) in [5.41, 5.74) is 2.78. The Morgan fingerprint density at radius 1 is 1.25 bits per heavy atom. The van der Waals surface area contributed by atoms with Crippen LogP contribution in [0.25, 0.3) is 16.7 Å². The van der Waals surface area contributed by atoms with Crippen LogP contribution < -0.4 is 0 Å². The molecule has 5 heteroatoms. The Morgan fingerprint density at radius 3 is 2.75 bits per heavy atom. The Kier molecular flexibility index (Phi) is 3.06. The molecule has 0 fully saturated rings. The molecule has 1 heterocycles. The van der Waals surface area contributed by atoms with Crippen LogP contribution in [0.15, 0.2) is 46.9 Å². The number of benzene rings is 2. The lowest BCUT2D eigenvalue weighted by atomic mass is 10.2. The minimum absolute atomic E-state index is 0.258. The summed E-state index contributed by atoms with van der Waals surface area (Å²) in [5, 5.41) is 9.12. The summed E-state index contributed by atoms with van der Waals surface area (Å²) in [6.45, 7) is 1.90. The lowest BCUT2D eigenvalue weighted by Gasteiger charge is -2.07. The summed E-state index contributed by atoms with van der Waals surface area (Å²) >= 11 is 3.45. The van der Waals surface area contributed by atoms with Gasteiger partial charge in [-0.05, 0) is 43.3 Å². The first-order valence-corrected chi connectivity index (χ1v) is 6.84. The van der Waals surface area contributed by atoms with Crippen molar-refractivity contribution in [2.45, 2.75) is 6.92 Å². The number of aromatic nitrogens is 2. The van der Waals surface area contributed by atoms with Crippen LogP contribution in [0.5, 0.6) is 0 Å². The van der Waals surface area contributed by atoms with E-state index in [0.29, 0.717) is 0 Å². The number of aryl methyl sites for hydroxylation is 1. The highest BCUT2D eigenvalue weighted by atomic mass is 79.9. The van der Waals surface area contributed by atoms with Crippen molar-refractivity contribution in [3.05, 3.63) is 58.3 Å². The average Bonchev–Trinajstić information content (AvgIpc) is 2.73. The maximum atomic E-state index is 11.1. The molecule has 1 aromatic heterocycles. The largest absolute Gasteiger partial charge is 0.478 e. The highest BCUT2D eigenvalue weighted by Gasteiger charge is 2.12. The number of carboxylic acids is 1. The van der Waals surface area contributed by atoms with Crippen molar-refractivity contribution in [2.75, 3.05) is 0 Å². The van der Waals surface area contributed by atoms with Gasteiger partial charge < -0.3 is 5.11 Å². The van der Waals surface area contributed by atoms with Crippen molar-refractivity contribution in [3.63, 3.8) is 0 Å². The number of rotatable bonds is 2. The Bertz CT molecular complexity index is 824. The van der Waals surface area contributed by atoms with Gasteiger partial charge in [-0.2, -0.15) is 0 Å². The maximum Gasteiger partial charge on any atom is 0.335 e. The van der Waals surface area contributed by atoms with Gasteiger partial charge in [-0.1, -0.05) is 22.0 Å². The molecule has 4 nitrogen and oxygen atoms in total. The molecule has 3 aromatic rings. The van der Waals surface area contributed by atoms with E-state index in [1.807, 2.05) is 35.8 Å². The lowest BCUT2D eigenvalue weighted by Crippen LogP contribution is -1.99. The van der Waals surface area contributed by atoms with Gasteiger partial charge in [-0.25, -0.2) is 9.78 Å². The Labute approximate surface area is 123 Å². The zero-order valence-electron chi connectivity index (χ0n) is 10.7. The van der Waals surface area contributed by atoms with Gasteiger partial charge in [0.25, 0.3) is 0 Å². The van der Waals surface area contributed by atoms with E-state index in [2.05, 4.69) is 20.9 Å². The second-order valence-electron chi connectivity index (χ2n) is 4.48. The fourth-order valence-corrected chi connectivity index (χ4v) is 2.66. The minimum atomic E-state index is -0.938. The number of imidazole rings is 1. The molecular formula is C15H11BrN2O2. The molecule has 0 bridgehead atoms. The van der Waals surface area contributed by atoms with E-state index in [9.17, 15) is 4.79 Å². The predicted octanol–water partition coefficient (Wildman–Crippen LogP) is 3.79. The molecule has 0 spiro atoms. The summed E-state index contributed by atoms with van der Waals surface area (Å²) in [5.74, 6) is -0.118. The summed E-state index contributed by atoms with van der Waals surface area (Å²) in [6, 6.07) is 12.8. The average molecular weight is 331 g/mol. The normalized spacial score (nSPS) is 10.9. The van der Waals surface area contributed by atoms with Crippen molar-refractivity contribution in [1.29, 1.82) is 0 Å². The van der Waals surface area contributed by atoms with Crippen molar-refractivity contribution in [2.24, 2.45) is 0 Å². The van der Waals surface area contributed by atoms with Crippen molar-refractivity contribution >= 4 is 32.9 Å². The number of hydrogen-bond donors (Lipinski definition) is 1. The van der Waals surface area contributed by atoms with Gasteiger partial charge in [0.2, 0.25) is 0 Å². The molecule has 0 aliphatic heterocycles. The summed E-state index contributed by atoms with van der Waals surface area (Å²) in [6.07, 6.45) is 0. The summed E-state index contributed by atoms with van der Waals surface area (Å²) in [4.78, 5) is 15.6. The third kappa shape index (κ3) is 2.10. The van der Waals surface area contributed by atoms with Gasteiger partial charge in [0, 0.05) is 10.2 Å². The highest BCUT2D eigenvalue weighted by Crippen LogP contribution is 2.24. The van der Waals surface area contributed by atoms with E-state index in [1.165, 1.54) is 0 Å². The van der Waals surface area contributed by atoms with E-state index in [4.69, 9.17) is 5.11 Å². The molecule has 0 aliphatic rings. The monoisotopic (exact) mass is 330 g/mol. The van der Waals surface area contributed by atoms with Crippen LogP contribution in [0.2, 0.25) is 0 Å². The zero-order valence-corrected chi connectivity index (χ0v) is 12.3. The van der Waals surface area contributed by atoms with E-state index < -0.39 is 5.97 Å². The van der Waals surface area contributed by atoms with E-state index >= 15 is 0 Å². The molecule has 0 unspecified atom stereocenters. The van der Waals surface area contributed by atoms with Crippen molar-refractivity contribution in [3.8, 4) is 5.69 Å². The van der Waals surface area contributed by atoms with Crippen molar-refractivity contribution < 1.29 is 9.90 Å². The molecule has 3 rings (SSSR count). The molecular weight excluding hydrogens is 320 g/mol. The Morgan fingerprint density at radius 2 is 2.05 bits per heavy atom. The molecule has 100 valence electrons. The number of nitrogens with zero attached hydrogens (tertiary/aromatic N) is 2. The fourth-order valence-electron chi connectivity index (χ4n) is 2.27. The van der Waals surface area contributed by atoms with Crippen LogP contribution in [0.3, 0.4) is 0 Å². The van der Waals surface area contributed by atoms with Gasteiger partial charge >= 0.3 is 5.97 Å². The van der Waals surface area contributed by atoms with Crippen LogP contribution in [0, 0.1) is 6.92 Å². The molecule has 0 radical (unpaired) electrons. The van der Waals surface area contributed by atoms with Gasteiger partial charge in [0.1, 0.15) is 5.82 Å². The quantitative estimate of drug-likeness (QED) is 0.777. The smallest absolute Gasteiger partial charge is 0.335 e. The third-order valence-electron chi connectivity index (χ3n) is 3.14. The van der Waals surface area contributed by atoms with E-state index in [-0.39, 0.29) is 5.56 Å². The van der Waals surface area contributed by atoms with Gasteiger partial charge in [-0.15, -0.1) is 0 Å². The SMILES string of the molecule is Cc1nc2ccc(C(=O)O)cc2n1-c1cccc(Br)c1. The fraction of sp³-hybridized carbons (Fsp3) is 0.0667. The second-order valence-corrected chi connectivity index (χ2v) is 5.40. The molecule has 0 saturated heterocycles. The molecule has 0 atom stereocenters. The van der Waals surface area contributed by atoms with Crippen LogP contribution in [0.1, 0.15) is 16.2 Å². The number of hydrogen-bond acceptors (Lipinski definition) is 2. The van der Waals surface area contributed by atoms with Gasteiger partial charge in [0.05, 0.1) is 16.6 Å². The summed E-state index contributed by atoms with van der Waals surface area (Å²) in [7, 11) is 0. The second kappa shape index (κ2) is 4.76. The van der Waals surface area contributed by atoms with Crippen LogP contribution >= 0.6 is 15.9 Å². The standard InChI is InChI=1S/C15H11BrN2O2/c1-9-17-13-6-5-10(15(19)20)7-14(13)18(9)12-4-2-3-11(16)8-12/h2-8H,1H3,(H,19,20). The predicted molar refractivity (Wildman–Crippen MR) is 80.5 cm³/mol. The first kappa shape index (κ1) is 12.9. The van der Waals surface area contributed by atoms with Crippen LogP contribution in [-0.2, 0) is 0 Å². The third-order valence-corrected chi connectivity index (χ3v) is 3.63.